The summed E-state index contributed by atoms with van der Waals surface area (Å²) in [4.78, 5) is 14.8. The average Bonchev–Trinajstić information content (AvgIpc) is 3.73. The van der Waals surface area contributed by atoms with E-state index in [1.807, 2.05) is 12.1 Å². The van der Waals surface area contributed by atoms with E-state index in [4.69, 9.17) is 14.2 Å². The van der Waals surface area contributed by atoms with Gasteiger partial charge >= 0.3 is 0 Å². The number of nitrogens with one attached hydrogen (secondary N) is 1. The third kappa shape index (κ3) is 8.08. The molecule has 2 aromatic carbocycles. The fourth-order valence-electron chi connectivity index (χ4n) is 7.32. The van der Waals surface area contributed by atoms with Gasteiger partial charge in [-0.15, -0.1) is 0 Å². The van der Waals surface area contributed by atoms with Crippen LogP contribution in [0.3, 0.4) is 0 Å². The van der Waals surface area contributed by atoms with Gasteiger partial charge in [-0.3, -0.25) is 4.79 Å². The van der Waals surface area contributed by atoms with Crippen molar-refractivity contribution in [3.05, 3.63) is 53.6 Å². The van der Waals surface area contributed by atoms with E-state index >= 15 is 0 Å². The molecule has 3 bridgehead atoms. The van der Waals surface area contributed by atoms with Gasteiger partial charge in [0.25, 0.3) is 16.1 Å². The molecular weight excluding hydrogens is 628 g/mol. The predicted octanol–water partition coefficient (Wildman–Crippen LogP) is 6.43. The van der Waals surface area contributed by atoms with Crippen LogP contribution in [0.15, 0.2) is 42.5 Å². The Bertz CT molecular complexity index is 1630. The first kappa shape index (κ1) is 36.3. The van der Waals surface area contributed by atoms with Crippen LogP contribution in [0, 0.1) is 0 Å². The number of hydrogen-bond donors (Lipinski definition) is 1. The van der Waals surface area contributed by atoms with Crippen LogP contribution in [0.5, 0.6) is 5.75 Å². The zero-order valence-corrected chi connectivity index (χ0v) is 30.2. The van der Waals surface area contributed by atoms with Gasteiger partial charge in [0.05, 0.1) is 25.0 Å². The largest absolute Gasteiger partial charge is 0.483 e. The molecule has 0 radical (unpaired) electrons. The Hall–Kier alpha value is -2.96. The van der Waals surface area contributed by atoms with Crippen LogP contribution in [0.1, 0.15) is 94.4 Å². The van der Waals surface area contributed by atoms with E-state index < -0.39 is 16.3 Å². The number of ether oxygens (including phenoxy) is 3. The third-order valence-electron chi connectivity index (χ3n) is 10.00. The van der Waals surface area contributed by atoms with Crippen molar-refractivity contribution in [3.63, 3.8) is 0 Å². The van der Waals surface area contributed by atoms with Gasteiger partial charge < -0.3 is 23.7 Å². The molecule has 1 fully saturated rings. The summed E-state index contributed by atoms with van der Waals surface area (Å²) in [5.74, 6) is 0.895. The zero-order valence-electron chi connectivity index (χ0n) is 29.4. The molecule has 1 aliphatic heterocycles. The zero-order chi connectivity index (χ0) is 34.3. The maximum Gasteiger partial charge on any atom is 0.279 e. The number of para-hydroxylation sites is 1. The minimum Gasteiger partial charge on any atom is -0.483 e. The van der Waals surface area contributed by atoms with Crippen LogP contribution in [0.2, 0.25) is 0 Å². The van der Waals surface area contributed by atoms with E-state index in [-0.39, 0.29) is 38.8 Å². The molecule has 1 saturated carbocycles. The number of benzene rings is 2. The van der Waals surface area contributed by atoms with Gasteiger partial charge in [-0.1, -0.05) is 63.8 Å². The highest BCUT2D eigenvalue weighted by molar-refractivity contribution is 7.87. The van der Waals surface area contributed by atoms with Gasteiger partial charge in [0.2, 0.25) is 0 Å². The van der Waals surface area contributed by atoms with Crippen molar-refractivity contribution in [2.45, 2.75) is 83.3 Å². The van der Waals surface area contributed by atoms with Crippen LogP contribution in [-0.2, 0) is 24.5 Å². The highest BCUT2D eigenvalue weighted by Crippen LogP contribution is 2.48. The van der Waals surface area contributed by atoms with E-state index in [2.05, 4.69) is 53.5 Å². The quantitative estimate of drug-likeness (QED) is 0.308. The number of aromatic nitrogens is 1. The Labute approximate surface area is 286 Å². The van der Waals surface area contributed by atoms with E-state index in [0.717, 1.165) is 55.2 Å². The lowest BCUT2D eigenvalue weighted by molar-refractivity contribution is -0.132. The van der Waals surface area contributed by atoms with Crippen molar-refractivity contribution in [2.75, 3.05) is 60.7 Å². The monoisotopic (exact) mass is 682 g/mol. The van der Waals surface area contributed by atoms with Crippen molar-refractivity contribution >= 4 is 27.0 Å². The predicted molar refractivity (Wildman–Crippen MR) is 191 cm³/mol. The Morgan fingerprint density at radius 1 is 1.00 bits per heavy atom. The molecule has 0 spiro atoms. The number of nitrogens with zero attached hydrogens (tertiary/aromatic N) is 3. The number of fused-ring (bicyclic) bond motifs is 4. The molecule has 2 aliphatic rings. The molecular formula is C37H54N4O6S. The van der Waals surface area contributed by atoms with E-state index in [0.29, 0.717) is 24.3 Å². The summed E-state index contributed by atoms with van der Waals surface area (Å²) >= 11 is 0. The minimum absolute atomic E-state index is 0.0911. The fourth-order valence-corrected chi connectivity index (χ4v) is 8.22. The summed E-state index contributed by atoms with van der Waals surface area (Å²) in [5, 5.41) is 1.22. The first-order valence-corrected chi connectivity index (χ1v) is 19.1. The van der Waals surface area contributed by atoms with Gasteiger partial charge in [0, 0.05) is 63.3 Å². The van der Waals surface area contributed by atoms with Gasteiger partial charge in [-0.2, -0.15) is 17.4 Å². The molecule has 10 nitrogen and oxygen atoms in total. The number of carbonyl (C=O) groups excluding carboxylic acids is 1. The molecule has 3 aromatic rings. The SMILES string of the molecule is CCCC(CCC)c1c2n(C3CCCC3)c3cc(ccc13)C(OC)CNS(=O)(=O)N(C)CCOCCN(C)C(=O)COc1ccccc1-2. The van der Waals surface area contributed by atoms with E-state index in [1.165, 1.54) is 40.8 Å². The summed E-state index contributed by atoms with van der Waals surface area (Å²) in [6, 6.07) is 15.0. The molecule has 264 valence electrons. The lowest BCUT2D eigenvalue weighted by Crippen LogP contribution is -2.41. The van der Waals surface area contributed by atoms with Gasteiger partial charge in [-0.05, 0) is 60.9 Å². The van der Waals surface area contributed by atoms with Crippen molar-refractivity contribution in [2.24, 2.45) is 0 Å². The smallest absolute Gasteiger partial charge is 0.279 e. The topological polar surface area (TPSA) is 102 Å². The molecule has 1 amide bonds. The van der Waals surface area contributed by atoms with Gasteiger partial charge in [-0.25, -0.2) is 0 Å². The van der Waals surface area contributed by atoms with Gasteiger partial charge in [0.1, 0.15) is 5.75 Å². The van der Waals surface area contributed by atoms with Crippen molar-refractivity contribution in [1.29, 1.82) is 0 Å². The molecule has 48 heavy (non-hydrogen) atoms. The highest BCUT2D eigenvalue weighted by atomic mass is 32.2. The van der Waals surface area contributed by atoms with Crippen molar-refractivity contribution < 1.29 is 27.4 Å². The average molecular weight is 683 g/mol. The number of likely N-dealkylation sites (N-methyl/N-ethyl adjacent to an activating group) is 2. The highest BCUT2D eigenvalue weighted by Gasteiger charge is 2.31. The van der Waals surface area contributed by atoms with Gasteiger partial charge in [0.15, 0.2) is 6.61 Å². The summed E-state index contributed by atoms with van der Waals surface area (Å²) in [6.07, 6.45) is 8.30. The third-order valence-corrected chi connectivity index (χ3v) is 11.5. The standard InChI is InChI=1S/C37H54N4O6S/c1-6-12-27(13-7-2)36-30-19-18-28-24-32(30)41(29-14-8-9-15-29)37(36)31-16-10-11-17-33(31)47-26-35(42)39(3)20-22-46-23-21-40(4)48(43,44)38-25-34(28)45-5/h10-11,16-19,24,27,29,34,38H,6-9,12-15,20-23,25-26H2,1-5H3. The summed E-state index contributed by atoms with van der Waals surface area (Å²) in [5.41, 5.74) is 5.56. The molecule has 5 rings (SSSR count). The molecule has 1 aromatic heterocycles. The summed E-state index contributed by atoms with van der Waals surface area (Å²) in [6.45, 7) is 5.53. The first-order valence-electron chi connectivity index (χ1n) is 17.6. The molecule has 1 aliphatic carbocycles. The maximum absolute atomic E-state index is 13.2. The van der Waals surface area contributed by atoms with Crippen LogP contribution >= 0.6 is 0 Å². The molecule has 11 heteroatoms. The maximum atomic E-state index is 13.2. The molecule has 1 unspecified atom stereocenters. The molecule has 2 heterocycles. The number of methoxy groups -OCH3 is 1. The Kier molecular flexibility index (Phi) is 12.6. The lowest BCUT2D eigenvalue weighted by atomic mass is 9.86. The van der Waals surface area contributed by atoms with Crippen LogP contribution in [0.25, 0.3) is 22.2 Å². The Morgan fingerprint density at radius 2 is 1.71 bits per heavy atom. The lowest BCUT2D eigenvalue weighted by Gasteiger charge is -2.24. The summed E-state index contributed by atoms with van der Waals surface area (Å²) in [7, 11) is 1.11. The number of carbonyl (C=O) groups is 1. The minimum atomic E-state index is -3.78. The van der Waals surface area contributed by atoms with Crippen LogP contribution in [0.4, 0.5) is 0 Å². The number of hydrogen-bond acceptors (Lipinski definition) is 6. The van der Waals surface area contributed by atoms with Crippen molar-refractivity contribution in [3.8, 4) is 17.0 Å². The van der Waals surface area contributed by atoms with Crippen LogP contribution < -0.4 is 9.46 Å². The summed E-state index contributed by atoms with van der Waals surface area (Å²) < 4.78 is 50.9. The first-order chi connectivity index (χ1) is 23.2. The number of amides is 1. The molecule has 0 saturated heterocycles. The second-order valence-corrected chi connectivity index (χ2v) is 15.1. The second-order valence-electron chi connectivity index (χ2n) is 13.2. The van der Waals surface area contributed by atoms with E-state index in [1.54, 1.807) is 19.1 Å². The Morgan fingerprint density at radius 3 is 2.42 bits per heavy atom. The molecule has 1 atom stereocenters. The Balaban J connectivity index is 1.73. The number of rotatable bonds is 7. The second kappa shape index (κ2) is 16.6. The molecule has 1 N–H and O–H groups in total. The van der Waals surface area contributed by atoms with Crippen molar-refractivity contribution in [1.82, 2.24) is 18.5 Å². The fraction of sp³-hybridized carbons (Fsp3) is 0.595. The van der Waals surface area contributed by atoms with Crippen LogP contribution in [-0.4, -0.2) is 88.8 Å². The van der Waals surface area contributed by atoms with E-state index in [9.17, 15) is 13.2 Å². The normalized spacial score (nSPS) is 20.8.